The average Bonchev–Trinajstić information content (AvgIpc) is 3.56. The first kappa shape index (κ1) is 33.1. The molecule has 5 aromatic rings. The maximum Gasteiger partial charge on any atom is 0.272 e. The van der Waals surface area contributed by atoms with Crippen molar-refractivity contribution in [3.8, 4) is 17.0 Å². The van der Waals surface area contributed by atoms with Crippen LogP contribution in [0.1, 0.15) is 29.3 Å². The molecule has 11 heteroatoms. The minimum atomic E-state index is -0.640. The van der Waals surface area contributed by atoms with Gasteiger partial charge in [0.15, 0.2) is 5.13 Å². The summed E-state index contributed by atoms with van der Waals surface area (Å²) in [5.74, 6) is -1.20. The Balaban J connectivity index is 1.28. The Morgan fingerprint density at radius 1 is 0.936 bits per heavy atom. The number of ether oxygens (including phenoxy) is 1. The van der Waals surface area contributed by atoms with Crippen molar-refractivity contribution in [3.05, 3.63) is 131 Å². The van der Waals surface area contributed by atoms with Gasteiger partial charge in [0.2, 0.25) is 5.91 Å². The summed E-state index contributed by atoms with van der Waals surface area (Å²) in [7, 11) is 1.60. The molecule has 0 bridgehead atoms. The van der Waals surface area contributed by atoms with Crippen molar-refractivity contribution in [2.75, 3.05) is 17.7 Å². The number of para-hydroxylation sites is 1. The van der Waals surface area contributed by atoms with Crippen LogP contribution in [0.25, 0.3) is 17.3 Å². The predicted octanol–water partition coefficient (Wildman–Crippen LogP) is 7.88. The van der Waals surface area contributed by atoms with Gasteiger partial charge in [0.1, 0.15) is 17.3 Å². The number of thioether (sulfide) groups is 1. The standard InChI is InChI=1S/C36H31FN4O4S2/c1-3-32(35(44)41-36-40-30(22-46-36)27-17-8-10-19-31(27)45-2)47-26-16-11-15-25(21-26)38-34(43)29(20-24-14-7-9-18-28(24)37)39-33(42)23-12-5-4-6-13-23/h4-22,32H,3H2,1-2H3,(H,38,43)(H,39,42)(H,40,41,44)/b29-20-. The number of methoxy groups -OCH3 is 1. The van der Waals surface area contributed by atoms with E-state index in [1.54, 1.807) is 61.7 Å². The van der Waals surface area contributed by atoms with Crippen LogP contribution < -0.4 is 20.7 Å². The molecule has 0 aliphatic carbocycles. The molecule has 3 amide bonds. The first-order chi connectivity index (χ1) is 22.8. The van der Waals surface area contributed by atoms with E-state index < -0.39 is 22.9 Å². The van der Waals surface area contributed by atoms with Crippen LogP contribution in [0.3, 0.4) is 0 Å². The molecule has 3 N–H and O–H groups in total. The van der Waals surface area contributed by atoms with Crippen molar-refractivity contribution >= 4 is 57.7 Å². The fourth-order valence-electron chi connectivity index (χ4n) is 4.52. The van der Waals surface area contributed by atoms with E-state index in [0.29, 0.717) is 34.2 Å². The van der Waals surface area contributed by atoms with Gasteiger partial charge in [-0.05, 0) is 61.0 Å². The second-order valence-corrected chi connectivity index (χ2v) is 12.3. The molecule has 47 heavy (non-hydrogen) atoms. The van der Waals surface area contributed by atoms with Crippen molar-refractivity contribution in [3.63, 3.8) is 0 Å². The van der Waals surface area contributed by atoms with E-state index in [1.807, 2.05) is 42.6 Å². The number of hydrogen-bond donors (Lipinski definition) is 3. The summed E-state index contributed by atoms with van der Waals surface area (Å²) in [5.41, 5.74) is 2.32. The van der Waals surface area contributed by atoms with Gasteiger partial charge in [0.25, 0.3) is 11.8 Å². The fourth-order valence-corrected chi connectivity index (χ4v) is 6.25. The molecule has 8 nitrogen and oxygen atoms in total. The largest absolute Gasteiger partial charge is 0.496 e. The van der Waals surface area contributed by atoms with E-state index in [2.05, 4.69) is 20.9 Å². The minimum absolute atomic E-state index is 0.135. The highest BCUT2D eigenvalue weighted by Gasteiger charge is 2.21. The molecule has 1 aromatic heterocycles. The van der Waals surface area contributed by atoms with Crippen LogP contribution in [0.15, 0.2) is 119 Å². The Morgan fingerprint density at radius 3 is 2.45 bits per heavy atom. The molecule has 0 fully saturated rings. The lowest BCUT2D eigenvalue weighted by atomic mass is 10.1. The molecule has 5 rings (SSSR count). The number of rotatable bonds is 12. The van der Waals surface area contributed by atoms with Crippen LogP contribution >= 0.6 is 23.1 Å². The van der Waals surface area contributed by atoms with E-state index in [0.717, 1.165) is 10.5 Å². The summed E-state index contributed by atoms with van der Waals surface area (Å²) in [6.07, 6.45) is 1.83. The second kappa shape index (κ2) is 15.8. The number of hydrogen-bond acceptors (Lipinski definition) is 7. The zero-order valence-corrected chi connectivity index (χ0v) is 27.2. The van der Waals surface area contributed by atoms with E-state index >= 15 is 0 Å². The Morgan fingerprint density at radius 2 is 1.68 bits per heavy atom. The monoisotopic (exact) mass is 666 g/mol. The lowest BCUT2D eigenvalue weighted by Gasteiger charge is -2.15. The van der Waals surface area contributed by atoms with Gasteiger partial charge in [-0.2, -0.15) is 0 Å². The van der Waals surface area contributed by atoms with Gasteiger partial charge in [0, 0.05) is 32.7 Å². The van der Waals surface area contributed by atoms with E-state index in [-0.39, 0.29) is 17.2 Å². The Kier molecular flexibility index (Phi) is 11.2. The topological polar surface area (TPSA) is 109 Å². The quantitative estimate of drug-likeness (QED) is 0.0924. The van der Waals surface area contributed by atoms with Gasteiger partial charge in [-0.25, -0.2) is 9.37 Å². The second-order valence-electron chi connectivity index (χ2n) is 10.1. The Bertz CT molecular complexity index is 1910. The average molecular weight is 667 g/mol. The number of nitrogens with zero attached hydrogens (tertiary/aromatic N) is 1. The smallest absolute Gasteiger partial charge is 0.272 e. The summed E-state index contributed by atoms with van der Waals surface area (Å²) in [4.78, 5) is 44.9. The third-order valence-electron chi connectivity index (χ3n) is 6.88. The van der Waals surface area contributed by atoms with Crippen LogP contribution in [0.2, 0.25) is 0 Å². The molecule has 0 saturated carbocycles. The van der Waals surface area contributed by atoms with Crippen LogP contribution in [-0.2, 0) is 9.59 Å². The number of aromatic nitrogens is 1. The Hall–Kier alpha value is -5.26. The molecule has 0 aliphatic heterocycles. The lowest BCUT2D eigenvalue weighted by Crippen LogP contribution is -2.30. The summed E-state index contributed by atoms with van der Waals surface area (Å²) < 4.78 is 19.9. The van der Waals surface area contributed by atoms with Crippen molar-refractivity contribution in [2.24, 2.45) is 0 Å². The highest BCUT2D eigenvalue weighted by Crippen LogP contribution is 2.33. The first-order valence-corrected chi connectivity index (χ1v) is 16.4. The van der Waals surface area contributed by atoms with E-state index in [1.165, 1.54) is 47.4 Å². The first-order valence-electron chi connectivity index (χ1n) is 14.6. The van der Waals surface area contributed by atoms with Crippen molar-refractivity contribution in [1.82, 2.24) is 10.3 Å². The van der Waals surface area contributed by atoms with Gasteiger partial charge in [-0.3, -0.25) is 14.4 Å². The molecule has 1 atom stereocenters. The van der Waals surface area contributed by atoms with Gasteiger partial charge in [-0.1, -0.05) is 61.5 Å². The molecule has 0 aliphatic rings. The van der Waals surface area contributed by atoms with Crippen LogP contribution in [-0.4, -0.2) is 35.1 Å². The van der Waals surface area contributed by atoms with Crippen LogP contribution in [0, 0.1) is 5.82 Å². The predicted molar refractivity (Wildman–Crippen MR) is 186 cm³/mol. The van der Waals surface area contributed by atoms with Crippen LogP contribution in [0.4, 0.5) is 15.2 Å². The number of halogens is 1. The highest BCUT2D eigenvalue weighted by atomic mass is 32.2. The number of anilines is 2. The summed E-state index contributed by atoms with van der Waals surface area (Å²) >= 11 is 2.67. The molecular formula is C36H31FN4O4S2. The summed E-state index contributed by atoms with van der Waals surface area (Å²) in [6.45, 7) is 1.92. The number of carbonyl (C=O) groups excluding carboxylic acids is 3. The molecule has 1 heterocycles. The van der Waals surface area contributed by atoms with E-state index in [4.69, 9.17) is 4.74 Å². The van der Waals surface area contributed by atoms with Gasteiger partial charge >= 0.3 is 0 Å². The van der Waals surface area contributed by atoms with Crippen molar-refractivity contribution in [2.45, 2.75) is 23.5 Å². The van der Waals surface area contributed by atoms with E-state index in [9.17, 15) is 18.8 Å². The molecule has 1 unspecified atom stereocenters. The molecular weight excluding hydrogens is 636 g/mol. The summed E-state index contributed by atoms with van der Waals surface area (Å²) in [5, 5.41) is 10.2. The highest BCUT2D eigenvalue weighted by molar-refractivity contribution is 8.00. The molecule has 0 saturated heterocycles. The molecule has 238 valence electrons. The van der Waals surface area contributed by atoms with Crippen LogP contribution in [0.5, 0.6) is 5.75 Å². The number of amides is 3. The third kappa shape index (κ3) is 8.72. The lowest BCUT2D eigenvalue weighted by molar-refractivity contribution is -0.116. The molecule has 4 aromatic carbocycles. The number of carbonyl (C=O) groups is 3. The number of nitrogens with one attached hydrogen (secondary N) is 3. The molecule has 0 spiro atoms. The number of thiazole rings is 1. The maximum atomic E-state index is 14.5. The summed E-state index contributed by atoms with van der Waals surface area (Å²) in [6, 6.07) is 28.9. The normalized spacial score (nSPS) is 11.8. The van der Waals surface area contributed by atoms with Crippen molar-refractivity contribution in [1.29, 1.82) is 0 Å². The maximum absolute atomic E-state index is 14.5. The zero-order chi connectivity index (χ0) is 33.2. The van der Waals surface area contributed by atoms with Crippen molar-refractivity contribution < 1.29 is 23.5 Å². The van der Waals surface area contributed by atoms with Gasteiger partial charge < -0.3 is 20.7 Å². The third-order valence-corrected chi connectivity index (χ3v) is 9.00. The van der Waals surface area contributed by atoms with Gasteiger partial charge in [-0.15, -0.1) is 23.1 Å². The molecule has 0 radical (unpaired) electrons. The SMILES string of the molecule is CCC(Sc1cccc(NC(=O)/C(=C/c2ccccc2F)NC(=O)c2ccccc2)c1)C(=O)Nc1nc(-c2ccccc2OC)cs1. The minimum Gasteiger partial charge on any atom is -0.496 e. The van der Waals surface area contributed by atoms with Gasteiger partial charge in [0.05, 0.1) is 18.1 Å². The zero-order valence-electron chi connectivity index (χ0n) is 25.5. The Labute approximate surface area is 280 Å². The number of benzene rings is 4. The fraction of sp³-hybridized carbons (Fsp3) is 0.111.